The number of nitrogens with zero attached hydrogens (tertiary/aromatic N) is 2. The van der Waals surface area contributed by atoms with Crippen LogP contribution in [0, 0.1) is 6.92 Å². The first-order chi connectivity index (χ1) is 12.0. The van der Waals surface area contributed by atoms with E-state index in [1.807, 2.05) is 31.2 Å². The van der Waals surface area contributed by atoms with E-state index in [1.165, 1.54) is 11.8 Å². The van der Waals surface area contributed by atoms with Crippen molar-refractivity contribution < 1.29 is 9.59 Å². The number of hydrogen-bond acceptors (Lipinski definition) is 5. The van der Waals surface area contributed by atoms with Crippen molar-refractivity contribution in [2.45, 2.75) is 55.8 Å². The van der Waals surface area contributed by atoms with Gasteiger partial charge in [0.2, 0.25) is 5.91 Å². The van der Waals surface area contributed by atoms with Gasteiger partial charge in [-0.25, -0.2) is 14.8 Å². The topological polar surface area (TPSA) is 84.0 Å². The smallest absolute Gasteiger partial charge is 0.321 e. The van der Waals surface area contributed by atoms with Crippen molar-refractivity contribution in [1.29, 1.82) is 0 Å². The fourth-order valence-corrected chi connectivity index (χ4v) is 3.96. The molecule has 2 aromatic rings. The zero-order chi connectivity index (χ0) is 17.8. The van der Waals surface area contributed by atoms with E-state index >= 15 is 0 Å². The van der Waals surface area contributed by atoms with Crippen LogP contribution in [-0.2, 0) is 4.79 Å². The zero-order valence-corrected chi connectivity index (χ0v) is 15.2. The Morgan fingerprint density at radius 3 is 2.68 bits per heavy atom. The number of imide groups is 1. The second-order valence-corrected chi connectivity index (χ2v) is 7.63. The molecule has 3 rings (SSSR count). The number of carbonyl (C=O) groups excluding carboxylic acids is 2. The predicted molar refractivity (Wildman–Crippen MR) is 98.5 cm³/mol. The monoisotopic (exact) mass is 358 g/mol. The Morgan fingerprint density at radius 1 is 1.20 bits per heavy atom. The number of aromatic nitrogens is 2. The molecule has 132 valence electrons. The van der Waals surface area contributed by atoms with Gasteiger partial charge < -0.3 is 5.32 Å². The molecule has 0 aliphatic heterocycles. The maximum Gasteiger partial charge on any atom is 0.321 e. The standard InChI is InChI=1S/C18H22N4O2S/c1-11(16(23)22-18(24)21-13-7-3-4-8-13)25-17-14-9-5-6-10-15(14)19-12(2)20-17/h5-6,9-11,13H,3-4,7-8H2,1-2H3,(H2,21,22,23,24)/t11-/m1/s1. The van der Waals surface area contributed by atoms with Crippen LogP contribution in [0.25, 0.3) is 10.9 Å². The highest BCUT2D eigenvalue weighted by atomic mass is 32.2. The molecule has 0 radical (unpaired) electrons. The molecule has 2 N–H and O–H groups in total. The third kappa shape index (κ3) is 4.48. The summed E-state index contributed by atoms with van der Waals surface area (Å²) in [4.78, 5) is 33.1. The number of thioether (sulfide) groups is 1. The van der Waals surface area contributed by atoms with E-state index in [4.69, 9.17) is 0 Å². The van der Waals surface area contributed by atoms with Crippen molar-refractivity contribution >= 4 is 34.6 Å². The van der Waals surface area contributed by atoms with Crippen LogP contribution in [0.4, 0.5) is 4.79 Å². The van der Waals surface area contributed by atoms with Crippen molar-refractivity contribution in [1.82, 2.24) is 20.6 Å². The van der Waals surface area contributed by atoms with E-state index in [9.17, 15) is 9.59 Å². The molecule has 1 saturated carbocycles. The van der Waals surface area contributed by atoms with Gasteiger partial charge in [-0.1, -0.05) is 42.8 Å². The first kappa shape index (κ1) is 17.7. The molecule has 1 aliphatic rings. The number of aryl methyl sites for hydroxylation is 1. The minimum absolute atomic E-state index is 0.184. The highest BCUT2D eigenvalue weighted by Gasteiger charge is 2.22. The average molecular weight is 358 g/mol. The van der Waals surface area contributed by atoms with Crippen molar-refractivity contribution in [3.63, 3.8) is 0 Å². The second kappa shape index (κ2) is 7.82. The maximum atomic E-state index is 12.3. The van der Waals surface area contributed by atoms with E-state index in [0.717, 1.165) is 41.6 Å². The molecule has 25 heavy (non-hydrogen) atoms. The zero-order valence-electron chi connectivity index (χ0n) is 14.4. The van der Waals surface area contributed by atoms with Crippen LogP contribution in [-0.4, -0.2) is 33.2 Å². The molecule has 0 unspecified atom stereocenters. The average Bonchev–Trinajstić information content (AvgIpc) is 3.07. The normalized spacial score (nSPS) is 15.9. The highest BCUT2D eigenvalue weighted by Crippen LogP contribution is 2.28. The van der Waals surface area contributed by atoms with Crippen LogP contribution in [0.1, 0.15) is 38.4 Å². The Labute approximate surface area is 151 Å². The molecule has 7 heteroatoms. The number of hydrogen-bond donors (Lipinski definition) is 2. The molecule has 6 nitrogen and oxygen atoms in total. The van der Waals surface area contributed by atoms with Crippen LogP contribution in [0.3, 0.4) is 0 Å². The molecule has 0 bridgehead atoms. The fourth-order valence-electron chi connectivity index (χ4n) is 2.97. The number of benzene rings is 1. The van der Waals surface area contributed by atoms with Crippen molar-refractivity contribution in [3.05, 3.63) is 30.1 Å². The molecule has 1 fully saturated rings. The van der Waals surface area contributed by atoms with Gasteiger partial charge in [-0.3, -0.25) is 10.1 Å². The maximum absolute atomic E-state index is 12.3. The lowest BCUT2D eigenvalue weighted by Gasteiger charge is -2.15. The summed E-state index contributed by atoms with van der Waals surface area (Å²) >= 11 is 1.34. The minimum Gasteiger partial charge on any atom is -0.335 e. The molecule has 1 aliphatic carbocycles. The van der Waals surface area contributed by atoms with Gasteiger partial charge in [0.15, 0.2) is 0 Å². The third-order valence-electron chi connectivity index (χ3n) is 4.26. The summed E-state index contributed by atoms with van der Waals surface area (Å²) in [5.41, 5.74) is 0.851. The fraction of sp³-hybridized carbons (Fsp3) is 0.444. The van der Waals surface area contributed by atoms with Gasteiger partial charge in [0.1, 0.15) is 10.9 Å². The van der Waals surface area contributed by atoms with Gasteiger partial charge in [-0.2, -0.15) is 0 Å². The summed E-state index contributed by atoms with van der Waals surface area (Å²) in [6, 6.07) is 7.48. The van der Waals surface area contributed by atoms with Crippen LogP contribution < -0.4 is 10.6 Å². The molecule has 0 spiro atoms. The van der Waals surface area contributed by atoms with Gasteiger partial charge >= 0.3 is 6.03 Å². The van der Waals surface area contributed by atoms with Gasteiger partial charge in [-0.05, 0) is 32.8 Å². The molecule has 3 amide bonds. The Kier molecular flexibility index (Phi) is 5.53. The Bertz CT molecular complexity index is 790. The summed E-state index contributed by atoms with van der Waals surface area (Å²) in [7, 11) is 0. The lowest BCUT2D eigenvalue weighted by molar-refractivity contribution is -0.119. The Morgan fingerprint density at radius 2 is 1.92 bits per heavy atom. The number of amides is 3. The minimum atomic E-state index is -0.438. The number of para-hydroxylation sites is 1. The van der Waals surface area contributed by atoms with Crippen LogP contribution in [0.15, 0.2) is 29.3 Å². The first-order valence-electron chi connectivity index (χ1n) is 8.54. The van der Waals surface area contributed by atoms with E-state index in [0.29, 0.717) is 5.82 Å². The quantitative estimate of drug-likeness (QED) is 0.648. The van der Waals surface area contributed by atoms with Gasteiger partial charge in [-0.15, -0.1) is 0 Å². The summed E-state index contributed by atoms with van der Waals surface area (Å²) in [6.07, 6.45) is 4.23. The van der Waals surface area contributed by atoms with Gasteiger partial charge in [0.05, 0.1) is 10.8 Å². The van der Waals surface area contributed by atoms with Crippen LogP contribution in [0.2, 0.25) is 0 Å². The van der Waals surface area contributed by atoms with Crippen LogP contribution in [0.5, 0.6) is 0 Å². The summed E-state index contributed by atoms with van der Waals surface area (Å²) < 4.78 is 0. The second-order valence-electron chi connectivity index (χ2n) is 6.30. The highest BCUT2D eigenvalue weighted by molar-refractivity contribution is 8.00. The largest absolute Gasteiger partial charge is 0.335 e. The third-order valence-corrected chi connectivity index (χ3v) is 5.37. The first-order valence-corrected chi connectivity index (χ1v) is 9.42. The Hall–Kier alpha value is -2.15. The molecule has 1 aromatic carbocycles. The summed E-state index contributed by atoms with van der Waals surface area (Å²) in [5, 5.41) is 6.52. The Balaban J connectivity index is 1.64. The molecule has 1 atom stereocenters. The number of nitrogens with one attached hydrogen (secondary N) is 2. The number of urea groups is 1. The summed E-state index contributed by atoms with van der Waals surface area (Å²) in [6.45, 7) is 3.60. The SMILES string of the molecule is Cc1nc(S[C@H](C)C(=O)NC(=O)NC2CCCC2)c2ccccc2n1. The van der Waals surface area contributed by atoms with E-state index in [1.54, 1.807) is 6.92 Å². The van der Waals surface area contributed by atoms with Crippen LogP contribution >= 0.6 is 11.8 Å². The van der Waals surface area contributed by atoms with Gasteiger partial charge in [0, 0.05) is 11.4 Å². The van der Waals surface area contributed by atoms with Crippen molar-refractivity contribution in [2.75, 3.05) is 0 Å². The van der Waals surface area contributed by atoms with Crippen molar-refractivity contribution in [3.8, 4) is 0 Å². The molecular weight excluding hydrogens is 336 g/mol. The summed E-state index contributed by atoms with van der Waals surface area (Å²) in [5.74, 6) is 0.341. The number of carbonyl (C=O) groups is 2. The molecule has 1 aromatic heterocycles. The van der Waals surface area contributed by atoms with Crippen molar-refractivity contribution in [2.24, 2.45) is 0 Å². The molecule has 0 saturated heterocycles. The van der Waals surface area contributed by atoms with Gasteiger partial charge in [0.25, 0.3) is 0 Å². The van der Waals surface area contributed by atoms with E-state index < -0.39 is 11.3 Å². The lowest BCUT2D eigenvalue weighted by atomic mass is 10.2. The van der Waals surface area contributed by atoms with E-state index in [-0.39, 0.29) is 11.9 Å². The number of rotatable bonds is 4. The molecular formula is C18H22N4O2S. The van der Waals surface area contributed by atoms with E-state index in [2.05, 4.69) is 20.6 Å². The molecule has 1 heterocycles. The predicted octanol–water partition coefficient (Wildman–Crippen LogP) is 3.19. The lowest BCUT2D eigenvalue weighted by Crippen LogP contribution is -2.45. The number of fused-ring (bicyclic) bond motifs is 1.